The first-order valence-electron chi connectivity index (χ1n) is 9.45. The van der Waals surface area contributed by atoms with Gasteiger partial charge in [-0.3, -0.25) is 9.59 Å². The highest BCUT2D eigenvalue weighted by Crippen LogP contribution is 2.18. The number of pyridine rings is 1. The number of rotatable bonds is 7. The Morgan fingerprint density at radius 3 is 2.68 bits per heavy atom. The molecule has 28 heavy (non-hydrogen) atoms. The van der Waals surface area contributed by atoms with E-state index in [9.17, 15) is 9.59 Å². The molecule has 0 bridgehead atoms. The number of nitrogens with zero attached hydrogens (tertiary/aromatic N) is 2. The van der Waals surface area contributed by atoms with E-state index in [0.29, 0.717) is 19.8 Å². The number of furan rings is 1. The molecule has 0 aliphatic carbocycles. The Morgan fingerprint density at radius 1 is 1.21 bits per heavy atom. The van der Waals surface area contributed by atoms with Crippen LogP contribution in [0.25, 0.3) is 0 Å². The van der Waals surface area contributed by atoms with Gasteiger partial charge in [-0.1, -0.05) is 19.9 Å². The summed E-state index contributed by atoms with van der Waals surface area (Å²) in [5.41, 5.74) is 0.928. The number of aromatic nitrogens is 1. The van der Waals surface area contributed by atoms with Gasteiger partial charge in [-0.2, -0.15) is 0 Å². The highest BCUT2D eigenvalue weighted by molar-refractivity contribution is 5.95. The van der Waals surface area contributed by atoms with Crippen LogP contribution in [0.4, 0.5) is 5.82 Å². The van der Waals surface area contributed by atoms with Crippen LogP contribution in [0.15, 0.2) is 41.1 Å². The number of carbonyl (C=O) groups excluding carboxylic acids is 2. The van der Waals surface area contributed by atoms with E-state index >= 15 is 0 Å². The molecular formula is C20H26N4O4. The first kappa shape index (κ1) is 19.9. The van der Waals surface area contributed by atoms with Crippen molar-refractivity contribution in [1.29, 1.82) is 0 Å². The first-order valence-corrected chi connectivity index (χ1v) is 9.45. The summed E-state index contributed by atoms with van der Waals surface area (Å²) in [6, 6.07) is 6.33. The average molecular weight is 386 g/mol. The molecule has 1 saturated heterocycles. The van der Waals surface area contributed by atoms with Gasteiger partial charge in [0.15, 0.2) is 5.76 Å². The molecule has 8 nitrogen and oxygen atoms in total. The van der Waals surface area contributed by atoms with Crippen molar-refractivity contribution in [1.82, 2.24) is 15.6 Å². The normalized spacial score (nSPS) is 15.3. The Kier molecular flexibility index (Phi) is 6.65. The zero-order valence-electron chi connectivity index (χ0n) is 16.2. The lowest BCUT2D eigenvalue weighted by molar-refractivity contribution is -0.124. The Labute approximate surface area is 164 Å². The van der Waals surface area contributed by atoms with Crippen molar-refractivity contribution in [3.8, 4) is 0 Å². The molecule has 3 heterocycles. The third-order valence-electron chi connectivity index (χ3n) is 4.61. The van der Waals surface area contributed by atoms with Gasteiger partial charge < -0.3 is 24.7 Å². The summed E-state index contributed by atoms with van der Waals surface area (Å²) in [6.07, 6.45) is 3.17. The van der Waals surface area contributed by atoms with E-state index < -0.39 is 11.9 Å². The fraction of sp³-hybridized carbons (Fsp3) is 0.450. The molecule has 1 unspecified atom stereocenters. The SMILES string of the molecule is CC(C)C(NC(=O)c1ccco1)C(=O)NCc1cccnc1N1CCOCC1. The summed E-state index contributed by atoms with van der Waals surface area (Å²) < 4.78 is 10.5. The Morgan fingerprint density at radius 2 is 2.00 bits per heavy atom. The fourth-order valence-corrected chi connectivity index (χ4v) is 3.08. The monoisotopic (exact) mass is 386 g/mol. The third kappa shape index (κ3) is 4.89. The summed E-state index contributed by atoms with van der Waals surface area (Å²) in [4.78, 5) is 31.6. The summed E-state index contributed by atoms with van der Waals surface area (Å²) in [7, 11) is 0. The van der Waals surface area contributed by atoms with Gasteiger partial charge >= 0.3 is 0 Å². The van der Waals surface area contributed by atoms with Crippen molar-refractivity contribution in [2.75, 3.05) is 31.2 Å². The van der Waals surface area contributed by atoms with E-state index in [0.717, 1.165) is 24.5 Å². The molecule has 0 radical (unpaired) electrons. The molecule has 1 fully saturated rings. The maximum absolute atomic E-state index is 12.7. The molecule has 150 valence electrons. The minimum Gasteiger partial charge on any atom is -0.459 e. The minimum absolute atomic E-state index is 0.0773. The lowest BCUT2D eigenvalue weighted by Gasteiger charge is -2.29. The fourth-order valence-electron chi connectivity index (χ4n) is 3.08. The number of ether oxygens (including phenoxy) is 1. The molecule has 8 heteroatoms. The van der Waals surface area contributed by atoms with Crippen LogP contribution in [0.5, 0.6) is 0 Å². The maximum Gasteiger partial charge on any atom is 0.287 e. The van der Waals surface area contributed by atoms with E-state index in [2.05, 4.69) is 20.5 Å². The maximum atomic E-state index is 12.7. The number of hydrogen-bond acceptors (Lipinski definition) is 6. The van der Waals surface area contributed by atoms with Gasteiger partial charge in [0.2, 0.25) is 5.91 Å². The second-order valence-electron chi connectivity index (χ2n) is 6.98. The number of hydrogen-bond donors (Lipinski definition) is 2. The predicted octanol–water partition coefficient (Wildman–Crippen LogP) is 1.58. The molecule has 1 aliphatic rings. The van der Waals surface area contributed by atoms with E-state index in [1.807, 2.05) is 26.0 Å². The van der Waals surface area contributed by atoms with E-state index in [4.69, 9.17) is 9.15 Å². The van der Waals surface area contributed by atoms with Gasteiger partial charge in [-0.05, 0) is 24.1 Å². The van der Waals surface area contributed by atoms with Crippen LogP contribution in [0.2, 0.25) is 0 Å². The Balaban J connectivity index is 1.64. The van der Waals surface area contributed by atoms with Gasteiger partial charge in [-0.15, -0.1) is 0 Å². The lowest BCUT2D eigenvalue weighted by Crippen LogP contribution is -2.49. The number of amides is 2. The zero-order valence-corrected chi connectivity index (χ0v) is 16.2. The average Bonchev–Trinajstić information content (AvgIpc) is 3.26. The summed E-state index contributed by atoms with van der Waals surface area (Å²) in [6.45, 7) is 6.97. The molecule has 2 N–H and O–H groups in total. The predicted molar refractivity (Wildman–Crippen MR) is 104 cm³/mol. The van der Waals surface area contributed by atoms with Crippen LogP contribution in [-0.2, 0) is 16.1 Å². The number of carbonyl (C=O) groups is 2. The Hall–Kier alpha value is -2.87. The standard InChI is InChI=1S/C20H26N4O4/c1-14(2)17(23-19(25)16-6-4-10-28-16)20(26)22-13-15-5-3-7-21-18(15)24-8-11-27-12-9-24/h3-7,10,14,17H,8-9,11-13H2,1-2H3,(H,22,26)(H,23,25). The van der Waals surface area contributed by atoms with Crippen molar-refractivity contribution >= 4 is 17.6 Å². The molecule has 0 aromatic carbocycles. The van der Waals surface area contributed by atoms with Crippen molar-refractivity contribution in [3.63, 3.8) is 0 Å². The van der Waals surface area contributed by atoms with Gasteiger partial charge in [0.1, 0.15) is 11.9 Å². The van der Waals surface area contributed by atoms with Crippen LogP contribution in [0, 0.1) is 5.92 Å². The molecule has 0 saturated carbocycles. The van der Waals surface area contributed by atoms with E-state index in [1.54, 1.807) is 18.3 Å². The summed E-state index contributed by atoms with van der Waals surface area (Å²) in [5.74, 6) is 0.305. The molecule has 0 spiro atoms. The topological polar surface area (TPSA) is 96.7 Å². The van der Waals surface area contributed by atoms with Crippen LogP contribution in [-0.4, -0.2) is 49.1 Å². The third-order valence-corrected chi connectivity index (χ3v) is 4.61. The smallest absolute Gasteiger partial charge is 0.287 e. The number of anilines is 1. The van der Waals surface area contributed by atoms with Crippen LogP contribution < -0.4 is 15.5 Å². The second-order valence-corrected chi connectivity index (χ2v) is 6.98. The lowest BCUT2D eigenvalue weighted by atomic mass is 10.0. The van der Waals surface area contributed by atoms with E-state index in [1.165, 1.54) is 6.26 Å². The zero-order chi connectivity index (χ0) is 19.9. The molecule has 2 amide bonds. The molecule has 1 atom stereocenters. The Bertz CT molecular complexity index is 785. The van der Waals surface area contributed by atoms with Gasteiger partial charge in [0.25, 0.3) is 5.91 Å². The van der Waals surface area contributed by atoms with Crippen molar-refractivity contribution in [3.05, 3.63) is 48.0 Å². The van der Waals surface area contributed by atoms with Gasteiger partial charge in [0.05, 0.1) is 19.5 Å². The van der Waals surface area contributed by atoms with Crippen LogP contribution in [0.1, 0.15) is 30.0 Å². The molecule has 3 rings (SSSR count). The molecule has 1 aliphatic heterocycles. The molecule has 2 aromatic heterocycles. The summed E-state index contributed by atoms with van der Waals surface area (Å²) in [5, 5.41) is 5.67. The number of morpholine rings is 1. The largest absolute Gasteiger partial charge is 0.459 e. The van der Waals surface area contributed by atoms with Crippen LogP contribution >= 0.6 is 0 Å². The highest BCUT2D eigenvalue weighted by Gasteiger charge is 2.26. The first-order chi connectivity index (χ1) is 13.6. The quantitative estimate of drug-likeness (QED) is 0.750. The minimum atomic E-state index is -0.666. The van der Waals surface area contributed by atoms with Gasteiger partial charge in [-0.25, -0.2) is 4.98 Å². The molecule has 2 aromatic rings. The van der Waals surface area contributed by atoms with Crippen molar-refractivity contribution in [2.24, 2.45) is 5.92 Å². The molecular weight excluding hydrogens is 360 g/mol. The van der Waals surface area contributed by atoms with E-state index in [-0.39, 0.29) is 17.6 Å². The summed E-state index contributed by atoms with van der Waals surface area (Å²) >= 11 is 0. The van der Waals surface area contributed by atoms with Crippen LogP contribution in [0.3, 0.4) is 0 Å². The number of nitrogens with one attached hydrogen (secondary N) is 2. The van der Waals surface area contributed by atoms with Gasteiger partial charge in [0, 0.05) is 31.4 Å². The van der Waals surface area contributed by atoms with Crippen molar-refractivity contribution in [2.45, 2.75) is 26.4 Å². The highest BCUT2D eigenvalue weighted by atomic mass is 16.5. The second kappa shape index (κ2) is 9.36. The van der Waals surface area contributed by atoms with Crippen molar-refractivity contribution < 1.29 is 18.7 Å².